The molecule has 3 atom stereocenters. The summed E-state index contributed by atoms with van der Waals surface area (Å²) in [6, 6.07) is 6.28. The summed E-state index contributed by atoms with van der Waals surface area (Å²) in [7, 11) is 0. The Morgan fingerprint density at radius 3 is 2.59 bits per heavy atom. The first-order chi connectivity index (χ1) is 13.7. The van der Waals surface area contributed by atoms with E-state index in [1.165, 1.54) is 0 Å². The molecule has 3 amide bonds. The van der Waals surface area contributed by atoms with Crippen molar-refractivity contribution in [1.29, 1.82) is 0 Å². The van der Waals surface area contributed by atoms with Gasteiger partial charge in [-0.15, -0.1) is 11.8 Å². The van der Waals surface area contributed by atoms with Crippen LogP contribution < -0.4 is 10.6 Å². The minimum atomic E-state index is -0.638. The van der Waals surface area contributed by atoms with E-state index in [2.05, 4.69) is 10.6 Å². The van der Waals surface area contributed by atoms with E-state index in [4.69, 9.17) is 0 Å². The van der Waals surface area contributed by atoms with Crippen LogP contribution in [0.5, 0.6) is 0 Å². The van der Waals surface area contributed by atoms with Crippen LogP contribution in [0.25, 0.3) is 0 Å². The van der Waals surface area contributed by atoms with Crippen LogP contribution in [-0.2, 0) is 9.59 Å². The molecule has 0 saturated carbocycles. The lowest BCUT2D eigenvalue weighted by molar-refractivity contribution is -0.132. The van der Waals surface area contributed by atoms with Crippen molar-refractivity contribution in [2.75, 3.05) is 12.0 Å². The number of hydrogen-bond acceptors (Lipinski definition) is 5. The summed E-state index contributed by atoms with van der Waals surface area (Å²) in [5, 5.41) is 5.66. The van der Waals surface area contributed by atoms with Crippen LogP contribution in [0, 0.1) is 0 Å². The summed E-state index contributed by atoms with van der Waals surface area (Å²) < 4.78 is -0.462. The largest absolute Gasteiger partial charge is 0.352 e. The first kappa shape index (κ1) is 22.0. The lowest BCUT2D eigenvalue weighted by Gasteiger charge is -2.31. The molecule has 3 rings (SSSR count). The Kier molecular flexibility index (Phi) is 6.53. The van der Waals surface area contributed by atoms with E-state index in [1.807, 2.05) is 58.2 Å². The van der Waals surface area contributed by atoms with Gasteiger partial charge in [0, 0.05) is 16.4 Å². The molecule has 0 spiro atoms. The summed E-state index contributed by atoms with van der Waals surface area (Å²) in [5.41, 5.74) is 1.62. The first-order valence-corrected chi connectivity index (χ1v) is 12.1. The van der Waals surface area contributed by atoms with Gasteiger partial charge in [-0.2, -0.15) is 11.8 Å². The molecule has 158 valence electrons. The SMILES string of the molecule is CSCC[C@H](NC(=O)[C@H]1N2C(=O)c3ccccc3C2SC1(C)C)C(=O)NC(C)C. The Labute approximate surface area is 180 Å². The molecule has 2 N–H and O–H groups in total. The molecule has 1 unspecified atom stereocenters. The molecule has 0 aromatic heterocycles. The molecule has 2 heterocycles. The second-order valence-corrected chi connectivity index (χ2v) is 11.0. The van der Waals surface area contributed by atoms with Gasteiger partial charge in [0.1, 0.15) is 17.5 Å². The summed E-state index contributed by atoms with van der Waals surface area (Å²) in [4.78, 5) is 40.7. The van der Waals surface area contributed by atoms with E-state index in [-0.39, 0.29) is 29.1 Å². The van der Waals surface area contributed by atoms with Crippen molar-refractivity contribution in [2.24, 2.45) is 0 Å². The zero-order valence-corrected chi connectivity index (χ0v) is 19.2. The Morgan fingerprint density at radius 2 is 1.93 bits per heavy atom. The van der Waals surface area contributed by atoms with Crippen LogP contribution >= 0.6 is 23.5 Å². The normalized spacial score (nSPS) is 23.0. The predicted octanol–water partition coefficient (Wildman–Crippen LogP) is 2.80. The average molecular weight is 436 g/mol. The van der Waals surface area contributed by atoms with Gasteiger partial charge in [-0.25, -0.2) is 0 Å². The zero-order valence-electron chi connectivity index (χ0n) is 17.5. The molecule has 1 aromatic rings. The molecule has 2 aliphatic rings. The Balaban J connectivity index is 1.83. The fourth-order valence-corrected chi connectivity index (χ4v) is 6.00. The van der Waals surface area contributed by atoms with Crippen LogP contribution in [0.4, 0.5) is 0 Å². The highest BCUT2D eigenvalue weighted by atomic mass is 32.2. The second-order valence-electron chi connectivity index (χ2n) is 8.28. The van der Waals surface area contributed by atoms with Crippen molar-refractivity contribution in [3.63, 3.8) is 0 Å². The lowest BCUT2D eigenvalue weighted by Crippen LogP contribution is -2.57. The van der Waals surface area contributed by atoms with Gasteiger partial charge >= 0.3 is 0 Å². The number of fused-ring (bicyclic) bond motifs is 3. The molecule has 0 aliphatic carbocycles. The van der Waals surface area contributed by atoms with Gasteiger partial charge < -0.3 is 15.5 Å². The predicted molar refractivity (Wildman–Crippen MR) is 119 cm³/mol. The zero-order chi connectivity index (χ0) is 21.3. The Hall–Kier alpha value is -1.67. The molecule has 6 nitrogen and oxygen atoms in total. The smallest absolute Gasteiger partial charge is 0.256 e. The average Bonchev–Trinajstić information content (AvgIpc) is 3.08. The summed E-state index contributed by atoms with van der Waals surface area (Å²) in [5.74, 6) is 0.196. The fourth-order valence-electron chi connectivity index (χ4n) is 3.94. The van der Waals surface area contributed by atoms with Gasteiger partial charge in [0.05, 0.1) is 0 Å². The van der Waals surface area contributed by atoms with Crippen molar-refractivity contribution in [2.45, 2.75) is 62.4 Å². The number of rotatable bonds is 7. The maximum atomic E-state index is 13.4. The minimum Gasteiger partial charge on any atom is -0.352 e. The molecule has 1 saturated heterocycles. The maximum absolute atomic E-state index is 13.4. The van der Waals surface area contributed by atoms with Gasteiger partial charge in [0.15, 0.2) is 0 Å². The molecule has 0 radical (unpaired) electrons. The van der Waals surface area contributed by atoms with E-state index >= 15 is 0 Å². The molecule has 8 heteroatoms. The summed E-state index contributed by atoms with van der Waals surface area (Å²) in [6.07, 6.45) is 2.52. The molecule has 29 heavy (non-hydrogen) atoms. The third-order valence-electron chi connectivity index (χ3n) is 5.22. The van der Waals surface area contributed by atoms with Crippen LogP contribution in [0.2, 0.25) is 0 Å². The second kappa shape index (κ2) is 8.60. The number of hydrogen-bond donors (Lipinski definition) is 2. The van der Waals surface area contributed by atoms with Gasteiger partial charge in [-0.3, -0.25) is 14.4 Å². The molecule has 1 aromatic carbocycles. The highest BCUT2D eigenvalue weighted by molar-refractivity contribution is 8.01. The van der Waals surface area contributed by atoms with E-state index in [0.717, 1.165) is 11.3 Å². The van der Waals surface area contributed by atoms with Gasteiger partial charge in [-0.1, -0.05) is 18.2 Å². The Morgan fingerprint density at radius 1 is 1.24 bits per heavy atom. The number of carbonyl (C=O) groups is 3. The van der Waals surface area contributed by atoms with Crippen LogP contribution in [0.1, 0.15) is 55.4 Å². The number of carbonyl (C=O) groups excluding carboxylic acids is 3. The molecule has 1 fully saturated rings. The van der Waals surface area contributed by atoms with Crippen molar-refractivity contribution in [3.8, 4) is 0 Å². The number of benzene rings is 1. The third kappa shape index (κ3) is 4.28. The lowest BCUT2D eigenvalue weighted by atomic mass is 10.00. The standard InChI is InChI=1S/C21H29N3O3S2/c1-12(2)22-17(25)15(10-11-28-5)23-18(26)16-21(3,4)29-20-14-9-7-6-8-13(14)19(27)24(16)20/h6-9,12,15-16,20H,10-11H2,1-5H3,(H,22,25)(H,23,26)/t15-,16+,20?/m0/s1. The van der Waals surface area contributed by atoms with Gasteiger partial charge in [0.2, 0.25) is 11.8 Å². The molecular formula is C21H29N3O3S2. The van der Waals surface area contributed by atoms with Gasteiger partial charge in [0.25, 0.3) is 5.91 Å². The van der Waals surface area contributed by atoms with Gasteiger partial charge in [-0.05, 0) is 57.8 Å². The highest BCUT2D eigenvalue weighted by Crippen LogP contribution is 2.56. The van der Waals surface area contributed by atoms with E-state index in [0.29, 0.717) is 12.0 Å². The third-order valence-corrected chi connectivity index (χ3v) is 7.40. The topological polar surface area (TPSA) is 78.5 Å². The van der Waals surface area contributed by atoms with Crippen LogP contribution in [-0.4, -0.2) is 57.5 Å². The molecule has 2 aliphatic heterocycles. The Bertz CT molecular complexity index is 812. The summed E-state index contributed by atoms with van der Waals surface area (Å²) >= 11 is 3.26. The van der Waals surface area contributed by atoms with E-state index in [9.17, 15) is 14.4 Å². The first-order valence-electron chi connectivity index (χ1n) is 9.86. The quantitative estimate of drug-likeness (QED) is 0.689. The number of nitrogens with one attached hydrogen (secondary N) is 2. The number of amides is 3. The summed E-state index contributed by atoms with van der Waals surface area (Å²) in [6.45, 7) is 7.77. The van der Waals surface area contributed by atoms with Crippen LogP contribution in [0.15, 0.2) is 24.3 Å². The van der Waals surface area contributed by atoms with Crippen molar-refractivity contribution >= 4 is 41.2 Å². The van der Waals surface area contributed by atoms with Crippen molar-refractivity contribution in [1.82, 2.24) is 15.5 Å². The molecular weight excluding hydrogens is 406 g/mol. The molecule has 0 bridgehead atoms. The fraction of sp³-hybridized carbons (Fsp3) is 0.571. The highest BCUT2D eigenvalue weighted by Gasteiger charge is 2.57. The van der Waals surface area contributed by atoms with E-state index in [1.54, 1.807) is 28.4 Å². The number of nitrogens with zero attached hydrogens (tertiary/aromatic N) is 1. The van der Waals surface area contributed by atoms with Crippen molar-refractivity contribution in [3.05, 3.63) is 35.4 Å². The van der Waals surface area contributed by atoms with Crippen LogP contribution in [0.3, 0.4) is 0 Å². The monoisotopic (exact) mass is 435 g/mol. The number of thioether (sulfide) groups is 2. The van der Waals surface area contributed by atoms with Crippen molar-refractivity contribution < 1.29 is 14.4 Å². The maximum Gasteiger partial charge on any atom is 0.256 e. The minimum absolute atomic E-state index is 0.00584. The van der Waals surface area contributed by atoms with E-state index < -0.39 is 16.8 Å².